The van der Waals surface area contributed by atoms with Crippen LogP contribution in [0.2, 0.25) is 0 Å². The van der Waals surface area contributed by atoms with E-state index in [0.29, 0.717) is 12.4 Å². The van der Waals surface area contributed by atoms with Crippen LogP contribution in [0.25, 0.3) is 0 Å². The second-order valence-corrected chi connectivity index (χ2v) is 3.65. The summed E-state index contributed by atoms with van der Waals surface area (Å²) in [5.74, 6) is 0.532. The molecular weight excluding hydrogens is 235 g/mol. The van der Waals surface area contributed by atoms with Crippen molar-refractivity contribution in [1.82, 2.24) is 0 Å². The molecule has 1 aromatic rings. The average molecular weight is 247 g/mol. The van der Waals surface area contributed by atoms with Crippen molar-refractivity contribution < 1.29 is 22.6 Å². The van der Waals surface area contributed by atoms with E-state index in [1.165, 1.54) is 6.07 Å². The van der Waals surface area contributed by atoms with Gasteiger partial charge in [-0.3, -0.25) is 0 Å². The molecule has 0 atom stereocenters. The SMILES string of the molecule is NCCc1c(C(F)(F)F)ccc2c1OCCO2. The molecule has 2 rings (SSSR count). The maximum Gasteiger partial charge on any atom is 0.416 e. The second-order valence-electron chi connectivity index (χ2n) is 3.65. The smallest absolute Gasteiger partial charge is 0.416 e. The van der Waals surface area contributed by atoms with E-state index in [-0.39, 0.29) is 30.9 Å². The molecule has 1 aliphatic rings. The number of ether oxygens (including phenoxy) is 2. The third-order valence-corrected chi connectivity index (χ3v) is 2.51. The van der Waals surface area contributed by atoms with E-state index in [2.05, 4.69) is 0 Å². The van der Waals surface area contributed by atoms with E-state index in [1.807, 2.05) is 0 Å². The van der Waals surface area contributed by atoms with E-state index < -0.39 is 11.7 Å². The van der Waals surface area contributed by atoms with Crippen LogP contribution in [0.1, 0.15) is 11.1 Å². The molecule has 0 saturated heterocycles. The summed E-state index contributed by atoms with van der Waals surface area (Å²) >= 11 is 0. The van der Waals surface area contributed by atoms with Crippen molar-refractivity contribution in [2.45, 2.75) is 12.6 Å². The van der Waals surface area contributed by atoms with E-state index >= 15 is 0 Å². The van der Waals surface area contributed by atoms with Gasteiger partial charge in [0.05, 0.1) is 5.56 Å². The van der Waals surface area contributed by atoms with Gasteiger partial charge in [0.2, 0.25) is 0 Å². The minimum absolute atomic E-state index is 0.0807. The van der Waals surface area contributed by atoms with Crippen LogP contribution in [0.5, 0.6) is 11.5 Å². The van der Waals surface area contributed by atoms with Gasteiger partial charge in [0.25, 0.3) is 0 Å². The molecule has 0 aromatic heterocycles. The predicted molar refractivity (Wildman–Crippen MR) is 55.2 cm³/mol. The number of benzene rings is 1. The number of nitrogens with two attached hydrogens (primary N) is 1. The molecule has 1 aromatic carbocycles. The molecule has 0 radical (unpaired) electrons. The van der Waals surface area contributed by atoms with Crippen molar-refractivity contribution in [3.8, 4) is 11.5 Å². The van der Waals surface area contributed by atoms with Crippen LogP contribution in [0, 0.1) is 0 Å². The highest BCUT2D eigenvalue weighted by Gasteiger charge is 2.35. The molecule has 0 fully saturated rings. The first kappa shape index (κ1) is 12.0. The molecular formula is C11H12F3NO2. The Bertz CT molecular complexity index is 418. The zero-order chi connectivity index (χ0) is 12.5. The Morgan fingerprint density at radius 1 is 1.18 bits per heavy atom. The number of alkyl halides is 3. The monoisotopic (exact) mass is 247 g/mol. The Morgan fingerprint density at radius 3 is 2.53 bits per heavy atom. The summed E-state index contributed by atoms with van der Waals surface area (Å²) in [5.41, 5.74) is 4.72. The number of rotatable bonds is 2. The first-order valence-corrected chi connectivity index (χ1v) is 5.23. The highest BCUT2D eigenvalue weighted by Crippen LogP contribution is 2.42. The largest absolute Gasteiger partial charge is 0.486 e. The zero-order valence-electron chi connectivity index (χ0n) is 9.01. The molecule has 1 aliphatic heterocycles. The van der Waals surface area contributed by atoms with Crippen LogP contribution >= 0.6 is 0 Å². The van der Waals surface area contributed by atoms with Crippen LogP contribution in [0.4, 0.5) is 13.2 Å². The number of fused-ring (bicyclic) bond motifs is 1. The van der Waals surface area contributed by atoms with Crippen LogP contribution in [0.15, 0.2) is 12.1 Å². The van der Waals surface area contributed by atoms with Gasteiger partial charge >= 0.3 is 6.18 Å². The summed E-state index contributed by atoms with van der Waals surface area (Å²) in [6.07, 6.45) is -4.29. The van der Waals surface area contributed by atoms with Gasteiger partial charge in [-0.1, -0.05) is 0 Å². The lowest BCUT2D eigenvalue weighted by atomic mass is 10.0. The highest BCUT2D eigenvalue weighted by atomic mass is 19.4. The Labute approximate surface area is 96.3 Å². The molecule has 1 heterocycles. The maximum absolute atomic E-state index is 12.8. The van der Waals surface area contributed by atoms with Gasteiger partial charge in [-0.15, -0.1) is 0 Å². The third kappa shape index (κ3) is 2.31. The lowest BCUT2D eigenvalue weighted by Crippen LogP contribution is -2.20. The normalized spacial score (nSPS) is 14.8. The van der Waals surface area contributed by atoms with Gasteiger partial charge in [-0.2, -0.15) is 13.2 Å². The van der Waals surface area contributed by atoms with Gasteiger partial charge in [-0.25, -0.2) is 0 Å². The summed E-state index contributed by atoms with van der Waals surface area (Å²) in [6, 6.07) is 2.30. The fourth-order valence-corrected chi connectivity index (χ4v) is 1.83. The molecule has 0 spiro atoms. The van der Waals surface area contributed by atoms with E-state index in [9.17, 15) is 13.2 Å². The van der Waals surface area contributed by atoms with Gasteiger partial charge in [0, 0.05) is 5.56 Å². The van der Waals surface area contributed by atoms with Crippen molar-refractivity contribution in [3.63, 3.8) is 0 Å². The molecule has 0 saturated carbocycles. The summed E-state index contributed by atoms with van der Waals surface area (Å²) in [4.78, 5) is 0. The van der Waals surface area contributed by atoms with Crippen LogP contribution < -0.4 is 15.2 Å². The Hall–Kier alpha value is -1.43. The van der Waals surface area contributed by atoms with Gasteiger partial charge in [0.15, 0.2) is 11.5 Å². The molecule has 3 nitrogen and oxygen atoms in total. The fraction of sp³-hybridized carbons (Fsp3) is 0.455. The third-order valence-electron chi connectivity index (χ3n) is 2.51. The molecule has 0 unspecified atom stereocenters. The lowest BCUT2D eigenvalue weighted by molar-refractivity contribution is -0.138. The van der Waals surface area contributed by atoms with Crippen molar-refractivity contribution in [2.75, 3.05) is 19.8 Å². The van der Waals surface area contributed by atoms with Gasteiger partial charge < -0.3 is 15.2 Å². The Morgan fingerprint density at radius 2 is 1.88 bits per heavy atom. The summed E-state index contributed by atoms with van der Waals surface area (Å²) < 4.78 is 48.9. The molecule has 2 N–H and O–H groups in total. The molecule has 94 valence electrons. The first-order chi connectivity index (χ1) is 8.04. The lowest BCUT2D eigenvalue weighted by Gasteiger charge is -2.23. The average Bonchev–Trinajstić information content (AvgIpc) is 2.28. The number of hydrogen-bond acceptors (Lipinski definition) is 3. The fourth-order valence-electron chi connectivity index (χ4n) is 1.83. The standard InChI is InChI=1S/C11H12F3NO2/c12-11(13,14)8-1-2-9-10(7(8)3-4-15)17-6-5-16-9/h1-2H,3-6,15H2. The zero-order valence-corrected chi connectivity index (χ0v) is 9.01. The second kappa shape index (κ2) is 4.44. The minimum Gasteiger partial charge on any atom is -0.486 e. The summed E-state index contributed by atoms with van der Waals surface area (Å²) in [6.45, 7) is 0.731. The Balaban J connectivity index is 2.53. The topological polar surface area (TPSA) is 44.5 Å². The van der Waals surface area contributed by atoms with Crippen molar-refractivity contribution in [2.24, 2.45) is 5.73 Å². The molecule has 0 aliphatic carbocycles. The van der Waals surface area contributed by atoms with Gasteiger partial charge in [0.1, 0.15) is 13.2 Å². The first-order valence-electron chi connectivity index (χ1n) is 5.23. The van der Waals surface area contributed by atoms with Crippen LogP contribution in [-0.4, -0.2) is 19.8 Å². The summed E-state index contributed by atoms with van der Waals surface area (Å²) in [5, 5.41) is 0. The molecule has 17 heavy (non-hydrogen) atoms. The molecule has 0 bridgehead atoms. The minimum atomic E-state index is -4.40. The van der Waals surface area contributed by atoms with Gasteiger partial charge in [-0.05, 0) is 25.1 Å². The highest BCUT2D eigenvalue weighted by molar-refractivity contribution is 5.52. The maximum atomic E-state index is 12.8. The number of halogens is 3. The predicted octanol–water partition coefficient (Wildman–Crippen LogP) is 1.98. The van der Waals surface area contributed by atoms with E-state index in [1.54, 1.807) is 0 Å². The number of hydrogen-bond donors (Lipinski definition) is 1. The van der Waals surface area contributed by atoms with Crippen LogP contribution in [-0.2, 0) is 12.6 Å². The van der Waals surface area contributed by atoms with Crippen molar-refractivity contribution in [1.29, 1.82) is 0 Å². The van der Waals surface area contributed by atoms with Crippen LogP contribution in [0.3, 0.4) is 0 Å². The van der Waals surface area contributed by atoms with E-state index in [4.69, 9.17) is 15.2 Å². The molecule has 0 amide bonds. The van der Waals surface area contributed by atoms with E-state index in [0.717, 1.165) is 6.07 Å². The van der Waals surface area contributed by atoms with Crippen molar-refractivity contribution in [3.05, 3.63) is 23.3 Å². The quantitative estimate of drug-likeness (QED) is 0.869. The molecule has 6 heteroatoms. The summed E-state index contributed by atoms with van der Waals surface area (Å²) in [7, 11) is 0. The van der Waals surface area contributed by atoms with Crippen molar-refractivity contribution >= 4 is 0 Å². The Kier molecular flexibility index (Phi) is 3.15.